The third-order valence-corrected chi connectivity index (χ3v) is 4.03. The standard InChI is InChI=1S/C12H21NO2/c14-12(15)6-5-11-7-9-3-1-2-4-10(9)8-13-11/h9-11,13H,1-8H2,(H,14,15). The van der Waals surface area contributed by atoms with Gasteiger partial charge in [0.05, 0.1) is 0 Å². The van der Waals surface area contributed by atoms with E-state index in [1.807, 2.05) is 0 Å². The van der Waals surface area contributed by atoms with E-state index in [9.17, 15) is 4.79 Å². The molecule has 2 N–H and O–H groups in total. The molecule has 1 aliphatic heterocycles. The molecular weight excluding hydrogens is 190 g/mol. The Kier molecular flexibility index (Phi) is 3.62. The van der Waals surface area contributed by atoms with Crippen LogP contribution in [0.25, 0.3) is 0 Å². The first-order valence-electron chi connectivity index (χ1n) is 6.21. The molecule has 1 aliphatic carbocycles. The smallest absolute Gasteiger partial charge is 0.303 e. The Morgan fingerprint density at radius 3 is 2.73 bits per heavy atom. The Morgan fingerprint density at radius 2 is 2.00 bits per heavy atom. The summed E-state index contributed by atoms with van der Waals surface area (Å²) in [6.45, 7) is 1.12. The second-order valence-electron chi connectivity index (χ2n) is 5.08. The highest BCUT2D eigenvalue weighted by molar-refractivity contribution is 5.66. The minimum Gasteiger partial charge on any atom is -0.481 e. The second kappa shape index (κ2) is 4.97. The molecule has 15 heavy (non-hydrogen) atoms. The van der Waals surface area contributed by atoms with Crippen LogP contribution >= 0.6 is 0 Å². The van der Waals surface area contributed by atoms with Crippen LogP contribution in [0, 0.1) is 11.8 Å². The van der Waals surface area contributed by atoms with E-state index < -0.39 is 5.97 Å². The van der Waals surface area contributed by atoms with Crippen molar-refractivity contribution in [1.29, 1.82) is 0 Å². The fourth-order valence-electron chi connectivity index (χ4n) is 3.15. The van der Waals surface area contributed by atoms with Crippen LogP contribution in [0.3, 0.4) is 0 Å². The summed E-state index contributed by atoms with van der Waals surface area (Å²) in [6, 6.07) is 0.459. The van der Waals surface area contributed by atoms with Crippen LogP contribution in [-0.2, 0) is 4.79 Å². The molecule has 2 fully saturated rings. The first-order chi connectivity index (χ1) is 7.25. The summed E-state index contributed by atoms with van der Waals surface area (Å²) < 4.78 is 0. The van der Waals surface area contributed by atoms with E-state index in [4.69, 9.17) is 5.11 Å². The van der Waals surface area contributed by atoms with Crippen LogP contribution in [0.15, 0.2) is 0 Å². The van der Waals surface area contributed by atoms with E-state index in [1.54, 1.807) is 0 Å². The molecule has 0 bridgehead atoms. The number of hydrogen-bond donors (Lipinski definition) is 2. The number of piperidine rings is 1. The number of hydrogen-bond acceptors (Lipinski definition) is 2. The molecule has 0 amide bonds. The van der Waals surface area contributed by atoms with Crippen molar-refractivity contribution in [1.82, 2.24) is 5.32 Å². The van der Waals surface area contributed by atoms with Crippen molar-refractivity contribution in [2.45, 2.75) is 51.0 Å². The van der Waals surface area contributed by atoms with Gasteiger partial charge in [0.1, 0.15) is 0 Å². The summed E-state index contributed by atoms with van der Waals surface area (Å²) in [5, 5.41) is 12.2. The average molecular weight is 211 g/mol. The topological polar surface area (TPSA) is 49.3 Å². The van der Waals surface area contributed by atoms with E-state index in [2.05, 4.69) is 5.32 Å². The van der Waals surface area contributed by atoms with Gasteiger partial charge in [0.15, 0.2) is 0 Å². The Labute approximate surface area is 91.2 Å². The molecule has 0 radical (unpaired) electrons. The first-order valence-corrected chi connectivity index (χ1v) is 6.21. The van der Waals surface area contributed by atoms with Gasteiger partial charge in [-0.1, -0.05) is 19.3 Å². The van der Waals surface area contributed by atoms with E-state index in [1.165, 1.54) is 32.1 Å². The molecule has 0 aromatic rings. The van der Waals surface area contributed by atoms with Crippen molar-refractivity contribution in [3.05, 3.63) is 0 Å². The van der Waals surface area contributed by atoms with Gasteiger partial charge in [-0.05, 0) is 37.6 Å². The van der Waals surface area contributed by atoms with E-state index in [-0.39, 0.29) is 0 Å². The van der Waals surface area contributed by atoms with Crippen LogP contribution in [-0.4, -0.2) is 23.7 Å². The highest BCUT2D eigenvalue weighted by atomic mass is 16.4. The third kappa shape index (κ3) is 2.94. The van der Waals surface area contributed by atoms with Crippen molar-refractivity contribution < 1.29 is 9.90 Å². The second-order valence-corrected chi connectivity index (χ2v) is 5.08. The van der Waals surface area contributed by atoms with Crippen LogP contribution in [0.5, 0.6) is 0 Å². The van der Waals surface area contributed by atoms with Gasteiger partial charge < -0.3 is 10.4 Å². The number of carbonyl (C=O) groups is 1. The Morgan fingerprint density at radius 1 is 1.27 bits per heavy atom. The fourth-order valence-corrected chi connectivity index (χ4v) is 3.15. The molecule has 0 aromatic heterocycles. The van der Waals surface area contributed by atoms with Crippen LogP contribution in [0.1, 0.15) is 44.9 Å². The monoisotopic (exact) mass is 211 g/mol. The maximum Gasteiger partial charge on any atom is 0.303 e. The molecule has 1 saturated carbocycles. The number of carboxylic acids is 1. The highest BCUT2D eigenvalue weighted by Gasteiger charge is 2.31. The lowest BCUT2D eigenvalue weighted by atomic mass is 9.73. The van der Waals surface area contributed by atoms with Gasteiger partial charge in [-0.3, -0.25) is 4.79 Å². The first kappa shape index (κ1) is 10.9. The summed E-state index contributed by atoms with van der Waals surface area (Å²) in [5.41, 5.74) is 0. The summed E-state index contributed by atoms with van der Waals surface area (Å²) >= 11 is 0. The zero-order valence-corrected chi connectivity index (χ0v) is 9.24. The van der Waals surface area contributed by atoms with E-state index in [0.717, 1.165) is 24.8 Å². The van der Waals surface area contributed by atoms with Crippen molar-refractivity contribution in [3.8, 4) is 0 Å². The number of aliphatic carboxylic acids is 1. The summed E-state index contributed by atoms with van der Waals surface area (Å²) in [6.07, 6.45) is 7.85. The predicted octanol–water partition coefficient (Wildman–Crippen LogP) is 2.02. The number of rotatable bonds is 3. The van der Waals surface area contributed by atoms with Crippen molar-refractivity contribution in [2.75, 3.05) is 6.54 Å². The molecular formula is C12H21NO2. The highest BCUT2D eigenvalue weighted by Crippen LogP contribution is 2.35. The van der Waals surface area contributed by atoms with E-state index >= 15 is 0 Å². The van der Waals surface area contributed by atoms with Crippen molar-refractivity contribution in [3.63, 3.8) is 0 Å². The lowest BCUT2D eigenvalue weighted by molar-refractivity contribution is -0.137. The Balaban J connectivity index is 1.78. The van der Waals surface area contributed by atoms with Gasteiger partial charge in [-0.2, -0.15) is 0 Å². The minimum atomic E-state index is -0.664. The average Bonchev–Trinajstić information content (AvgIpc) is 2.26. The predicted molar refractivity (Wildman–Crippen MR) is 58.7 cm³/mol. The lowest BCUT2D eigenvalue weighted by Crippen LogP contribution is -2.45. The number of carboxylic acid groups (broad SMARTS) is 1. The largest absolute Gasteiger partial charge is 0.481 e. The maximum atomic E-state index is 10.5. The van der Waals surface area contributed by atoms with Gasteiger partial charge in [0, 0.05) is 12.5 Å². The summed E-state index contributed by atoms with van der Waals surface area (Å²) in [4.78, 5) is 10.5. The Hall–Kier alpha value is -0.570. The molecule has 86 valence electrons. The van der Waals surface area contributed by atoms with Gasteiger partial charge >= 0.3 is 5.97 Å². The van der Waals surface area contributed by atoms with Gasteiger partial charge in [-0.25, -0.2) is 0 Å². The minimum absolute atomic E-state index is 0.315. The molecule has 1 heterocycles. The summed E-state index contributed by atoms with van der Waals surface area (Å²) in [5.74, 6) is 1.08. The molecule has 0 spiro atoms. The zero-order valence-electron chi connectivity index (χ0n) is 9.24. The number of fused-ring (bicyclic) bond motifs is 1. The SMILES string of the molecule is O=C(O)CCC1CC2CCCCC2CN1. The zero-order chi connectivity index (χ0) is 10.7. The van der Waals surface area contributed by atoms with Gasteiger partial charge in [-0.15, -0.1) is 0 Å². The maximum absolute atomic E-state index is 10.5. The molecule has 1 saturated heterocycles. The molecule has 2 aliphatic rings. The molecule has 3 heteroatoms. The normalized spacial score (nSPS) is 35.9. The van der Waals surface area contributed by atoms with Crippen LogP contribution < -0.4 is 5.32 Å². The van der Waals surface area contributed by atoms with Crippen LogP contribution in [0.2, 0.25) is 0 Å². The third-order valence-electron chi connectivity index (χ3n) is 4.03. The molecule has 2 rings (SSSR count). The summed E-state index contributed by atoms with van der Waals surface area (Å²) in [7, 11) is 0. The quantitative estimate of drug-likeness (QED) is 0.751. The van der Waals surface area contributed by atoms with Crippen molar-refractivity contribution >= 4 is 5.97 Å². The van der Waals surface area contributed by atoms with E-state index in [0.29, 0.717) is 12.5 Å². The van der Waals surface area contributed by atoms with Gasteiger partial charge in [0.2, 0.25) is 0 Å². The fraction of sp³-hybridized carbons (Fsp3) is 0.917. The molecule has 3 nitrogen and oxygen atoms in total. The molecule has 3 unspecified atom stereocenters. The lowest BCUT2D eigenvalue weighted by Gasteiger charge is -2.40. The Bertz CT molecular complexity index is 230. The molecule has 0 aromatic carbocycles. The van der Waals surface area contributed by atoms with Gasteiger partial charge in [0.25, 0.3) is 0 Å². The number of nitrogens with one attached hydrogen (secondary N) is 1. The van der Waals surface area contributed by atoms with Crippen molar-refractivity contribution in [2.24, 2.45) is 11.8 Å². The van der Waals surface area contributed by atoms with Crippen LogP contribution in [0.4, 0.5) is 0 Å². The molecule has 3 atom stereocenters.